The predicted octanol–water partition coefficient (Wildman–Crippen LogP) is 3.89. The Labute approximate surface area is 117 Å². The largest absolute Gasteiger partial charge is 0.323 e. The van der Waals surface area contributed by atoms with E-state index in [1.54, 1.807) is 11.3 Å². The molecule has 2 rings (SSSR count). The Morgan fingerprint density at radius 2 is 2.33 bits per heavy atom. The van der Waals surface area contributed by atoms with E-state index in [0.29, 0.717) is 5.25 Å². The highest BCUT2D eigenvalue weighted by Gasteiger charge is 2.29. The Hall–Kier alpha value is -0.680. The molecule has 0 aliphatic carbocycles. The molecular formula is C13H20N2OS2. The molecule has 2 amide bonds. The standard InChI is InChI=1S/C13H20N2OS2/c1-13(2,3)18-10-6-7-15(9-10)12(16)14-11-5-4-8-17-11/h4-5,8,10H,6-7,9H2,1-3H3,(H,14,16)/t10-/m1/s1. The van der Waals surface area contributed by atoms with E-state index in [1.165, 1.54) is 0 Å². The van der Waals surface area contributed by atoms with Crippen molar-refractivity contribution in [2.24, 2.45) is 0 Å². The van der Waals surface area contributed by atoms with Crippen LogP contribution in [0.15, 0.2) is 17.5 Å². The molecule has 1 aliphatic rings. The van der Waals surface area contributed by atoms with E-state index in [-0.39, 0.29) is 10.8 Å². The third-order valence-electron chi connectivity index (χ3n) is 2.70. The molecule has 3 nitrogen and oxygen atoms in total. The van der Waals surface area contributed by atoms with Crippen LogP contribution in [0.2, 0.25) is 0 Å². The van der Waals surface area contributed by atoms with Crippen molar-refractivity contribution in [2.45, 2.75) is 37.2 Å². The number of hydrogen-bond acceptors (Lipinski definition) is 3. The number of carbonyl (C=O) groups excluding carboxylic acids is 1. The fourth-order valence-corrected chi connectivity index (χ4v) is 4.13. The van der Waals surface area contributed by atoms with Gasteiger partial charge in [-0.1, -0.05) is 20.8 Å². The van der Waals surface area contributed by atoms with Gasteiger partial charge in [-0.2, -0.15) is 11.8 Å². The molecule has 2 heterocycles. The van der Waals surface area contributed by atoms with Crippen molar-refractivity contribution in [3.63, 3.8) is 0 Å². The van der Waals surface area contributed by atoms with E-state index >= 15 is 0 Å². The smallest absolute Gasteiger partial charge is 0.322 e. The van der Waals surface area contributed by atoms with Gasteiger partial charge in [0.25, 0.3) is 0 Å². The third-order valence-corrected chi connectivity index (χ3v) is 4.91. The van der Waals surface area contributed by atoms with Gasteiger partial charge in [0.05, 0.1) is 5.00 Å². The Morgan fingerprint density at radius 1 is 1.56 bits per heavy atom. The summed E-state index contributed by atoms with van der Waals surface area (Å²) in [6, 6.07) is 3.91. The zero-order valence-corrected chi connectivity index (χ0v) is 12.7. The molecule has 1 atom stereocenters. The quantitative estimate of drug-likeness (QED) is 0.893. The molecule has 0 bridgehead atoms. The Bertz CT molecular complexity index is 398. The average Bonchev–Trinajstić information content (AvgIpc) is 2.86. The van der Waals surface area contributed by atoms with Crippen LogP contribution in [0.4, 0.5) is 9.80 Å². The SMILES string of the molecule is CC(C)(C)S[C@@H]1CCN(C(=O)Nc2cccs2)C1. The second-order valence-electron chi connectivity index (χ2n) is 5.49. The second-order valence-corrected chi connectivity index (χ2v) is 8.57. The first-order valence-corrected chi connectivity index (χ1v) is 7.97. The molecule has 5 heteroatoms. The number of nitrogens with zero attached hydrogens (tertiary/aromatic N) is 1. The van der Waals surface area contributed by atoms with Crippen LogP contribution in [0, 0.1) is 0 Å². The molecule has 1 N–H and O–H groups in total. The van der Waals surface area contributed by atoms with Crippen LogP contribution >= 0.6 is 23.1 Å². The lowest BCUT2D eigenvalue weighted by atomic mass is 10.3. The van der Waals surface area contributed by atoms with Crippen molar-refractivity contribution in [1.82, 2.24) is 4.90 Å². The van der Waals surface area contributed by atoms with Crippen LogP contribution in [0.25, 0.3) is 0 Å². The highest BCUT2D eigenvalue weighted by atomic mass is 32.2. The topological polar surface area (TPSA) is 32.3 Å². The molecule has 0 saturated carbocycles. The van der Waals surface area contributed by atoms with Crippen LogP contribution in [-0.4, -0.2) is 34.0 Å². The van der Waals surface area contributed by atoms with Gasteiger partial charge in [-0.25, -0.2) is 4.79 Å². The highest BCUT2D eigenvalue weighted by Crippen LogP contribution is 2.33. The molecule has 1 saturated heterocycles. The molecule has 0 radical (unpaired) electrons. The number of carbonyl (C=O) groups is 1. The number of thiophene rings is 1. The third kappa shape index (κ3) is 3.92. The zero-order chi connectivity index (χ0) is 13.2. The van der Waals surface area contributed by atoms with Crippen LogP contribution in [0.5, 0.6) is 0 Å². The number of rotatable bonds is 2. The molecular weight excluding hydrogens is 264 g/mol. The van der Waals surface area contributed by atoms with Crippen molar-refractivity contribution in [3.8, 4) is 0 Å². The number of anilines is 1. The summed E-state index contributed by atoms with van der Waals surface area (Å²) in [4.78, 5) is 14.0. The first kappa shape index (κ1) is 13.7. The maximum Gasteiger partial charge on any atom is 0.322 e. The minimum atomic E-state index is 0.0365. The molecule has 0 aromatic carbocycles. The molecule has 1 aromatic rings. The van der Waals surface area contributed by atoms with E-state index in [9.17, 15) is 4.79 Å². The Balaban J connectivity index is 1.83. The number of amides is 2. The number of urea groups is 1. The van der Waals surface area contributed by atoms with Crippen molar-refractivity contribution >= 4 is 34.1 Å². The van der Waals surface area contributed by atoms with Gasteiger partial charge in [-0.3, -0.25) is 5.32 Å². The van der Waals surface area contributed by atoms with Crippen LogP contribution in [0.1, 0.15) is 27.2 Å². The van der Waals surface area contributed by atoms with Gasteiger partial charge in [-0.15, -0.1) is 11.3 Å². The van der Waals surface area contributed by atoms with Crippen molar-refractivity contribution in [2.75, 3.05) is 18.4 Å². The average molecular weight is 284 g/mol. The number of thioether (sulfide) groups is 1. The van der Waals surface area contributed by atoms with E-state index in [2.05, 4.69) is 26.1 Å². The van der Waals surface area contributed by atoms with E-state index in [0.717, 1.165) is 24.5 Å². The van der Waals surface area contributed by atoms with Crippen molar-refractivity contribution in [1.29, 1.82) is 0 Å². The summed E-state index contributed by atoms with van der Waals surface area (Å²) < 4.78 is 0.269. The van der Waals surface area contributed by atoms with Gasteiger partial charge in [0.1, 0.15) is 0 Å². The van der Waals surface area contributed by atoms with Gasteiger partial charge in [-0.05, 0) is 23.9 Å². The molecule has 1 fully saturated rings. The van der Waals surface area contributed by atoms with Crippen molar-refractivity contribution < 1.29 is 4.79 Å². The van der Waals surface area contributed by atoms with Crippen molar-refractivity contribution in [3.05, 3.63) is 17.5 Å². The fourth-order valence-electron chi connectivity index (χ4n) is 2.04. The summed E-state index contributed by atoms with van der Waals surface area (Å²) in [6.45, 7) is 8.41. The summed E-state index contributed by atoms with van der Waals surface area (Å²) in [6.07, 6.45) is 1.10. The van der Waals surface area contributed by atoms with Gasteiger partial charge >= 0.3 is 6.03 Å². The zero-order valence-electron chi connectivity index (χ0n) is 11.1. The maximum absolute atomic E-state index is 12.0. The minimum Gasteiger partial charge on any atom is -0.323 e. The lowest BCUT2D eigenvalue weighted by Gasteiger charge is -2.23. The molecule has 18 heavy (non-hydrogen) atoms. The minimum absolute atomic E-state index is 0.0365. The van der Waals surface area contributed by atoms with Gasteiger partial charge in [0.15, 0.2) is 0 Å². The van der Waals surface area contributed by atoms with E-state index in [4.69, 9.17) is 0 Å². The van der Waals surface area contributed by atoms with Crippen LogP contribution in [-0.2, 0) is 0 Å². The summed E-state index contributed by atoms with van der Waals surface area (Å²) in [5.41, 5.74) is 0. The Kier molecular flexibility index (Phi) is 4.22. The first-order chi connectivity index (χ1) is 8.44. The highest BCUT2D eigenvalue weighted by molar-refractivity contribution is 8.01. The van der Waals surface area contributed by atoms with Crippen LogP contribution < -0.4 is 5.32 Å². The summed E-state index contributed by atoms with van der Waals surface area (Å²) in [5.74, 6) is 0. The Morgan fingerprint density at radius 3 is 2.94 bits per heavy atom. The summed E-state index contributed by atoms with van der Waals surface area (Å²) >= 11 is 3.53. The maximum atomic E-state index is 12.0. The number of nitrogens with one attached hydrogen (secondary N) is 1. The number of likely N-dealkylation sites (tertiary alicyclic amines) is 1. The van der Waals surface area contributed by atoms with E-state index in [1.807, 2.05) is 34.2 Å². The summed E-state index contributed by atoms with van der Waals surface area (Å²) in [5, 5.41) is 6.41. The molecule has 0 unspecified atom stereocenters. The normalized spacial score (nSPS) is 20.2. The lowest BCUT2D eigenvalue weighted by molar-refractivity contribution is 0.223. The second kappa shape index (κ2) is 5.53. The monoisotopic (exact) mass is 284 g/mol. The first-order valence-electron chi connectivity index (χ1n) is 6.21. The number of hydrogen-bond donors (Lipinski definition) is 1. The lowest BCUT2D eigenvalue weighted by Crippen LogP contribution is -2.33. The molecule has 1 aromatic heterocycles. The summed E-state index contributed by atoms with van der Waals surface area (Å²) in [7, 11) is 0. The van der Waals surface area contributed by atoms with Crippen LogP contribution in [0.3, 0.4) is 0 Å². The fraction of sp³-hybridized carbons (Fsp3) is 0.615. The van der Waals surface area contributed by atoms with Gasteiger partial charge in [0.2, 0.25) is 0 Å². The van der Waals surface area contributed by atoms with E-state index < -0.39 is 0 Å². The molecule has 100 valence electrons. The molecule has 0 spiro atoms. The predicted molar refractivity (Wildman–Crippen MR) is 80.7 cm³/mol. The van der Waals surface area contributed by atoms with Gasteiger partial charge < -0.3 is 4.90 Å². The molecule has 1 aliphatic heterocycles. The van der Waals surface area contributed by atoms with Gasteiger partial charge in [0, 0.05) is 23.1 Å².